The lowest BCUT2D eigenvalue weighted by molar-refractivity contribution is -0.176. The number of ether oxygens (including phenoxy) is 1. The molecule has 0 aromatic heterocycles. The summed E-state index contributed by atoms with van der Waals surface area (Å²) in [6.45, 7) is 3.46. The highest BCUT2D eigenvalue weighted by Gasteiger charge is 2.27. The Morgan fingerprint density at radius 3 is 2.29 bits per heavy atom. The molecule has 1 unspecified atom stereocenters. The van der Waals surface area contributed by atoms with E-state index in [1.54, 1.807) is 19.2 Å². The molecule has 0 aliphatic rings. The standard InChI is InChI=1S/C16H24F3N3O.HI/c1-4-12(2)22-15(20-3)21-9-13-5-7-14(8-6-13)10-23-11-16(17,18)19;/h5-8,12H,4,9-11H2,1-3H3,(H2,20,21,22);1H. The fourth-order valence-electron chi connectivity index (χ4n) is 1.75. The second-order valence-corrected chi connectivity index (χ2v) is 5.30. The summed E-state index contributed by atoms with van der Waals surface area (Å²) in [6, 6.07) is 7.57. The van der Waals surface area contributed by atoms with E-state index in [-0.39, 0.29) is 30.6 Å². The van der Waals surface area contributed by atoms with Crippen LogP contribution >= 0.6 is 24.0 Å². The normalized spacial score (nSPS) is 13.2. The van der Waals surface area contributed by atoms with Crippen molar-refractivity contribution >= 4 is 29.9 Å². The van der Waals surface area contributed by atoms with Crippen molar-refractivity contribution in [2.75, 3.05) is 13.7 Å². The number of nitrogens with zero attached hydrogens (tertiary/aromatic N) is 1. The second kappa shape index (κ2) is 11.5. The van der Waals surface area contributed by atoms with Crippen LogP contribution in [0.15, 0.2) is 29.3 Å². The number of alkyl halides is 3. The molecule has 24 heavy (non-hydrogen) atoms. The summed E-state index contributed by atoms with van der Waals surface area (Å²) >= 11 is 0. The summed E-state index contributed by atoms with van der Waals surface area (Å²) in [5.41, 5.74) is 1.72. The molecule has 1 rings (SSSR count). The van der Waals surface area contributed by atoms with Crippen molar-refractivity contribution in [3.05, 3.63) is 35.4 Å². The molecule has 0 bridgehead atoms. The molecule has 0 spiro atoms. The largest absolute Gasteiger partial charge is 0.411 e. The number of hydrogen-bond acceptors (Lipinski definition) is 2. The van der Waals surface area contributed by atoms with Crippen molar-refractivity contribution in [3.8, 4) is 0 Å². The quantitative estimate of drug-likeness (QED) is 0.370. The van der Waals surface area contributed by atoms with Gasteiger partial charge in [-0.05, 0) is 24.5 Å². The van der Waals surface area contributed by atoms with Gasteiger partial charge in [0, 0.05) is 19.6 Å². The van der Waals surface area contributed by atoms with Crippen molar-refractivity contribution < 1.29 is 17.9 Å². The van der Waals surface area contributed by atoms with E-state index >= 15 is 0 Å². The first-order valence-corrected chi connectivity index (χ1v) is 7.53. The predicted octanol–water partition coefficient (Wildman–Crippen LogP) is 3.85. The number of hydrogen-bond donors (Lipinski definition) is 2. The van der Waals surface area contributed by atoms with Crippen LogP contribution in [0.2, 0.25) is 0 Å². The Kier molecular flexibility index (Phi) is 11.0. The van der Waals surface area contributed by atoms with Gasteiger partial charge in [0.1, 0.15) is 6.61 Å². The molecular weight excluding hydrogens is 434 g/mol. The molecular formula is C16H25F3IN3O. The van der Waals surface area contributed by atoms with Crippen LogP contribution in [0.5, 0.6) is 0 Å². The fraction of sp³-hybridized carbons (Fsp3) is 0.562. The molecule has 1 aromatic rings. The average Bonchev–Trinajstić information content (AvgIpc) is 2.51. The molecule has 0 saturated heterocycles. The second-order valence-electron chi connectivity index (χ2n) is 5.30. The summed E-state index contributed by atoms with van der Waals surface area (Å²) in [4.78, 5) is 4.14. The van der Waals surface area contributed by atoms with Crippen molar-refractivity contribution in [1.82, 2.24) is 10.6 Å². The van der Waals surface area contributed by atoms with E-state index in [2.05, 4.69) is 34.2 Å². The van der Waals surface area contributed by atoms with Crippen LogP contribution in [-0.2, 0) is 17.9 Å². The molecule has 4 nitrogen and oxygen atoms in total. The third-order valence-electron chi connectivity index (χ3n) is 3.24. The Bertz CT molecular complexity index is 492. The Morgan fingerprint density at radius 1 is 1.21 bits per heavy atom. The van der Waals surface area contributed by atoms with Crippen LogP contribution < -0.4 is 10.6 Å². The molecule has 8 heteroatoms. The summed E-state index contributed by atoms with van der Waals surface area (Å²) in [7, 11) is 1.71. The van der Waals surface area contributed by atoms with E-state index in [1.807, 2.05) is 12.1 Å². The first kappa shape index (κ1) is 23.0. The van der Waals surface area contributed by atoms with Gasteiger partial charge in [0.15, 0.2) is 5.96 Å². The Balaban J connectivity index is 0.00000529. The molecule has 0 amide bonds. The molecule has 2 N–H and O–H groups in total. The van der Waals surface area contributed by atoms with Gasteiger partial charge in [-0.25, -0.2) is 0 Å². The number of guanidine groups is 1. The van der Waals surface area contributed by atoms with Crippen LogP contribution in [0.4, 0.5) is 13.2 Å². The van der Waals surface area contributed by atoms with E-state index in [0.717, 1.165) is 17.9 Å². The van der Waals surface area contributed by atoms with E-state index in [1.165, 1.54) is 0 Å². The first-order valence-electron chi connectivity index (χ1n) is 7.53. The highest BCUT2D eigenvalue weighted by atomic mass is 127. The molecule has 0 radical (unpaired) electrons. The number of rotatable bonds is 7. The maximum Gasteiger partial charge on any atom is 0.411 e. The zero-order valence-corrected chi connectivity index (χ0v) is 16.4. The molecule has 0 aliphatic carbocycles. The minimum absolute atomic E-state index is 0. The Labute approximate surface area is 158 Å². The van der Waals surface area contributed by atoms with Gasteiger partial charge in [-0.3, -0.25) is 4.99 Å². The first-order chi connectivity index (χ1) is 10.8. The van der Waals surface area contributed by atoms with E-state index in [0.29, 0.717) is 18.2 Å². The summed E-state index contributed by atoms with van der Waals surface area (Å²) < 4.78 is 40.6. The molecule has 138 valence electrons. The monoisotopic (exact) mass is 459 g/mol. The molecule has 0 aliphatic heterocycles. The number of aliphatic imine (C=N–C) groups is 1. The Hall–Kier alpha value is -1.03. The van der Waals surface area contributed by atoms with Gasteiger partial charge in [-0.15, -0.1) is 24.0 Å². The highest BCUT2D eigenvalue weighted by molar-refractivity contribution is 14.0. The minimum Gasteiger partial charge on any atom is -0.367 e. The lowest BCUT2D eigenvalue weighted by Crippen LogP contribution is -2.41. The van der Waals surface area contributed by atoms with Gasteiger partial charge >= 0.3 is 6.18 Å². The predicted molar refractivity (Wildman–Crippen MR) is 101 cm³/mol. The third kappa shape index (κ3) is 9.96. The molecule has 0 fully saturated rings. The smallest absolute Gasteiger partial charge is 0.367 e. The van der Waals surface area contributed by atoms with Gasteiger partial charge in [0.05, 0.1) is 6.61 Å². The molecule has 1 aromatic carbocycles. The van der Waals surface area contributed by atoms with E-state index in [4.69, 9.17) is 0 Å². The van der Waals surface area contributed by atoms with E-state index < -0.39 is 12.8 Å². The van der Waals surface area contributed by atoms with Crippen LogP contribution in [0.3, 0.4) is 0 Å². The van der Waals surface area contributed by atoms with Crippen LogP contribution in [0.1, 0.15) is 31.4 Å². The fourth-order valence-corrected chi connectivity index (χ4v) is 1.75. The summed E-state index contributed by atoms with van der Waals surface area (Å²) in [5.74, 6) is 0.719. The summed E-state index contributed by atoms with van der Waals surface area (Å²) in [5, 5.41) is 6.44. The van der Waals surface area contributed by atoms with Gasteiger partial charge in [0.25, 0.3) is 0 Å². The van der Waals surface area contributed by atoms with Gasteiger partial charge in [-0.2, -0.15) is 13.2 Å². The van der Waals surface area contributed by atoms with Crippen LogP contribution in [-0.4, -0.2) is 31.8 Å². The van der Waals surface area contributed by atoms with Crippen LogP contribution in [0.25, 0.3) is 0 Å². The van der Waals surface area contributed by atoms with Crippen molar-refractivity contribution in [3.63, 3.8) is 0 Å². The number of halogens is 4. The lowest BCUT2D eigenvalue weighted by Gasteiger charge is -2.16. The summed E-state index contributed by atoms with van der Waals surface area (Å²) in [6.07, 6.45) is -3.30. The minimum atomic E-state index is -4.29. The molecule has 0 heterocycles. The molecule has 0 saturated carbocycles. The van der Waals surface area contributed by atoms with Crippen molar-refractivity contribution in [1.29, 1.82) is 0 Å². The topological polar surface area (TPSA) is 45.7 Å². The van der Waals surface area contributed by atoms with Gasteiger partial charge < -0.3 is 15.4 Å². The maximum atomic E-state index is 12.0. The van der Waals surface area contributed by atoms with Crippen molar-refractivity contribution in [2.24, 2.45) is 4.99 Å². The molecule has 1 atom stereocenters. The zero-order chi connectivity index (χ0) is 17.3. The zero-order valence-electron chi connectivity index (χ0n) is 14.1. The van der Waals surface area contributed by atoms with Crippen LogP contribution in [0, 0.1) is 0 Å². The average molecular weight is 459 g/mol. The number of nitrogens with one attached hydrogen (secondary N) is 2. The lowest BCUT2D eigenvalue weighted by atomic mass is 10.1. The number of benzene rings is 1. The van der Waals surface area contributed by atoms with Crippen molar-refractivity contribution in [2.45, 2.75) is 45.6 Å². The van der Waals surface area contributed by atoms with Gasteiger partial charge in [0.2, 0.25) is 0 Å². The highest BCUT2D eigenvalue weighted by Crippen LogP contribution is 2.15. The third-order valence-corrected chi connectivity index (χ3v) is 3.24. The SMILES string of the molecule is CCC(C)NC(=NC)NCc1ccc(COCC(F)(F)F)cc1.I. The maximum absolute atomic E-state index is 12.0. The Morgan fingerprint density at radius 2 is 1.79 bits per heavy atom. The van der Waals surface area contributed by atoms with Gasteiger partial charge in [-0.1, -0.05) is 31.2 Å². The van der Waals surface area contributed by atoms with E-state index in [9.17, 15) is 13.2 Å².